The molecular formula is C12H15IN2. The minimum absolute atomic E-state index is 0.204. The predicted molar refractivity (Wildman–Crippen MR) is 71.9 cm³/mol. The maximum absolute atomic E-state index is 5.52. The van der Waals surface area contributed by atoms with Crippen LogP contribution in [-0.2, 0) is 0 Å². The predicted octanol–water partition coefficient (Wildman–Crippen LogP) is 2.60. The molecule has 0 bridgehead atoms. The van der Waals surface area contributed by atoms with Gasteiger partial charge in [0.15, 0.2) is 0 Å². The number of nitrogens with one attached hydrogen (secondary N) is 1. The number of halogens is 1. The van der Waals surface area contributed by atoms with Gasteiger partial charge < -0.3 is 0 Å². The largest absolute Gasteiger partial charge is 0.271 e. The fourth-order valence-electron chi connectivity index (χ4n) is 1.45. The lowest BCUT2D eigenvalue weighted by atomic mass is 10.0. The Kier molecular flexibility index (Phi) is 5.69. The molecule has 80 valence electrons. The van der Waals surface area contributed by atoms with Crippen LogP contribution in [0.1, 0.15) is 30.9 Å². The van der Waals surface area contributed by atoms with Crippen LogP contribution in [0, 0.1) is 15.9 Å². The van der Waals surface area contributed by atoms with Crippen LogP contribution in [0.15, 0.2) is 24.3 Å². The molecule has 15 heavy (non-hydrogen) atoms. The van der Waals surface area contributed by atoms with Crippen molar-refractivity contribution >= 4 is 22.6 Å². The van der Waals surface area contributed by atoms with Crippen LogP contribution in [0.5, 0.6) is 0 Å². The van der Waals surface area contributed by atoms with Gasteiger partial charge in [-0.3, -0.25) is 11.3 Å². The van der Waals surface area contributed by atoms with Gasteiger partial charge in [-0.15, -0.1) is 12.3 Å². The van der Waals surface area contributed by atoms with Crippen LogP contribution in [-0.4, -0.2) is 0 Å². The van der Waals surface area contributed by atoms with Crippen molar-refractivity contribution in [1.82, 2.24) is 5.43 Å². The Hall–Kier alpha value is -0.570. The van der Waals surface area contributed by atoms with E-state index in [0.29, 0.717) is 0 Å². The monoisotopic (exact) mass is 314 g/mol. The standard InChI is InChI=1S/C12H15IN2/c1-2-3-4-5-12(15-14)10-6-8-11(13)9-7-10/h1,6-9,12,15H,3-5,14H2. The highest BCUT2D eigenvalue weighted by molar-refractivity contribution is 14.1. The molecule has 0 heterocycles. The fraction of sp³-hybridized carbons (Fsp3) is 0.333. The quantitative estimate of drug-likeness (QED) is 0.288. The Morgan fingerprint density at radius 1 is 1.40 bits per heavy atom. The molecule has 3 N–H and O–H groups in total. The number of hydrogen-bond acceptors (Lipinski definition) is 2. The normalized spacial score (nSPS) is 12.1. The third kappa shape index (κ3) is 4.20. The van der Waals surface area contributed by atoms with Crippen LogP contribution in [0.25, 0.3) is 0 Å². The fourth-order valence-corrected chi connectivity index (χ4v) is 1.81. The molecule has 0 aliphatic heterocycles. The lowest BCUT2D eigenvalue weighted by molar-refractivity contribution is 0.502. The number of benzene rings is 1. The molecule has 0 saturated carbocycles. The first-order valence-electron chi connectivity index (χ1n) is 4.93. The van der Waals surface area contributed by atoms with Gasteiger partial charge in [-0.2, -0.15) is 0 Å². The molecule has 0 radical (unpaired) electrons. The lowest BCUT2D eigenvalue weighted by Gasteiger charge is -2.15. The molecule has 3 heteroatoms. The third-order valence-electron chi connectivity index (χ3n) is 2.29. The Labute approximate surface area is 105 Å². The Bertz CT molecular complexity index is 326. The van der Waals surface area contributed by atoms with Gasteiger partial charge in [0.2, 0.25) is 0 Å². The summed E-state index contributed by atoms with van der Waals surface area (Å²) in [6.45, 7) is 0. The third-order valence-corrected chi connectivity index (χ3v) is 3.01. The number of terminal acetylenes is 1. The summed E-state index contributed by atoms with van der Waals surface area (Å²) in [4.78, 5) is 0. The smallest absolute Gasteiger partial charge is 0.0460 e. The summed E-state index contributed by atoms with van der Waals surface area (Å²) < 4.78 is 1.23. The minimum atomic E-state index is 0.204. The second-order valence-electron chi connectivity index (χ2n) is 3.37. The van der Waals surface area contributed by atoms with Gasteiger partial charge in [0.05, 0.1) is 0 Å². The summed E-state index contributed by atoms with van der Waals surface area (Å²) in [6, 6.07) is 8.57. The van der Waals surface area contributed by atoms with E-state index in [4.69, 9.17) is 12.3 Å². The maximum atomic E-state index is 5.52. The van der Waals surface area contributed by atoms with Crippen LogP contribution < -0.4 is 11.3 Å². The SMILES string of the molecule is C#CCCCC(NN)c1ccc(I)cc1. The van der Waals surface area contributed by atoms with E-state index in [-0.39, 0.29) is 6.04 Å². The highest BCUT2D eigenvalue weighted by Gasteiger charge is 2.08. The van der Waals surface area contributed by atoms with E-state index >= 15 is 0 Å². The number of unbranched alkanes of at least 4 members (excludes halogenated alkanes) is 1. The number of nitrogens with two attached hydrogens (primary N) is 1. The van der Waals surface area contributed by atoms with Crippen LogP contribution in [0.4, 0.5) is 0 Å². The topological polar surface area (TPSA) is 38.0 Å². The molecule has 0 spiro atoms. The molecule has 1 unspecified atom stereocenters. The van der Waals surface area contributed by atoms with Crippen molar-refractivity contribution < 1.29 is 0 Å². The van der Waals surface area contributed by atoms with Crippen molar-refractivity contribution in [2.75, 3.05) is 0 Å². The molecule has 1 aromatic carbocycles. The first-order valence-corrected chi connectivity index (χ1v) is 6.01. The molecule has 0 aromatic heterocycles. The number of hydrogen-bond donors (Lipinski definition) is 2. The lowest BCUT2D eigenvalue weighted by Crippen LogP contribution is -2.27. The molecule has 1 rings (SSSR count). The van der Waals surface area contributed by atoms with Gasteiger partial charge in [-0.1, -0.05) is 12.1 Å². The molecule has 0 aliphatic carbocycles. The molecule has 1 aromatic rings. The van der Waals surface area contributed by atoms with Gasteiger partial charge in [0.25, 0.3) is 0 Å². The van der Waals surface area contributed by atoms with E-state index in [1.807, 2.05) is 0 Å². The summed E-state index contributed by atoms with van der Waals surface area (Å²) in [5, 5.41) is 0. The first kappa shape index (κ1) is 12.5. The van der Waals surface area contributed by atoms with Crippen LogP contribution >= 0.6 is 22.6 Å². The van der Waals surface area contributed by atoms with Gasteiger partial charge >= 0.3 is 0 Å². The zero-order chi connectivity index (χ0) is 11.1. The zero-order valence-electron chi connectivity index (χ0n) is 8.54. The summed E-state index contributed by atoms with van der Waals surface area (Å²) in [6.07, 6.45) is 7.99. The van der Waals surface area contributed by atoms with Crippen molar-refractivity contribution in [1.29, 1.82) is 0 Å². The summed E-state index contributed by atoms with van der Waals surface area (Å²) in [7, 11) is 0. The maximum Gasteiger partial charge on any atom is 0.0460 e. The molecule has 2 nitrogen and oxygen atoms in total. The average molecular weight is 314 g/mol. The number of rotatable bonds is 5. The van der Waals surface area contributed by atoms with E-state index in [0.717, 1.165) is 19.3 Å². The first-order chi connectivity index (χ1) is 7.27. The molecule has 0 fully saturated rings. The highest BCUT2D eigenvalue weighted by atomic mass is 127. The summed E-state index contributed by atoms with van der Waals surface area (Å²) in [5.74, 6) is 8.16. The van der Waals surface area contributed by atoms with Gasteiger partial charge in [0, 0.05) is 16.0 Å². The van der Waals surface area contributed by atoms with Crippen LogP contribution in [0.2, 0.25) is 0 Å². The van der Waals surface area contributed by atoms with Crippen molar-refractivity contribution in [3.63, 3.8) is 0 Å². The Morgan fingerprint density at radius 2 is 2.07 bits per heavy atom. The van der Waals surface area contributed by atoms with Gasteiger partial charge in [-0.25, -0.2) is 0 Å². The molecule has 0 saturated heterocycles. The second kappa shape index (κ2) is 6.83. The van der Waals surface area contributed by atoms with Crippen molar-refractivity contribution in [3.8, 4) is 12.3 Å². The zero-order valence-corrected chi connectivity index (χ0v) is 10.7. The minimum Gasteiger partial charge on any atom is -0.271 e. The van der Waals surface area contributed by atoms with E-state index in [9.17, 15) is 0 Å². The van der Waals surface area contributed by atoms with E-state index < -0.39 is 0 Å². The van der Waals surface area contributed by atoms with E-state index in [2.05, 4.69) is 58.2 Å². The molecule has 0 amide bonds. The second-order valence-corrected chi connectivity index (χ2v) is 4.61. The van der Waals surface area contributed by atoms with Gasteiger partial charge in [0.1, 0.15) is 0 Å². The summed E-state index contributed by atoms with van der Waals surface area (Å²) in [5.41, 5.74) is 4.04. The summed E-state index contributed by atoms with van der Waals surface area (Å²) >= 11 is 2.29. The average Bonchev–Trinajstić information content (AvgIpc) is 2.26. The van der Waals surface area contributed by atoms with Gasteiger partial charge in [-0.05, 0) is 53.1 Å². The highest BCUT2D eigenvalue weighted by Crippen LogP contribution is 2.19. The van der Waals surface area contributed by atoms with Crippen molar-refractivity contribution in [2.45, 2.75) is 25.3 Å². The Balaban J connectivity index is 2.58. The molecule has 0 aliphatic rings. The van der Waals surface area contributed by atoms with Crippen molar-refractivity contribution in [3.05, 3.63) is 33.4 Å². The van der Waals surface area contributed by atoms with Crippen LogP contribution in [0.3, 0.4) is 0 Å². The molecular weight excluding hydrogens is 299 g/mol. The Morgan fingerprint density at radius 3 is 2.60 bits per heavy atom. The van der Waals surface area contributed by atoms with Crippen molar-refractivity contribution in [2.24, 2.45) is 5.84 Å². The van der Waals surface area contributed by atoms with E-state index in [1.165, 1.54) is 9.13 Å². The number of hydrazine groups is 1. The van der Waals surface area contributed by atoms with E-state index in [1.54, 1.807) is 0 Å². The molecule has 1 atom stereocenters.